The molecule has 0 aliphatic heterocycles. The van der Waals surface area contributed by atoms with Crippen LogP contribution in [0.1, 0.15) is 12.5 Å². The summed E-state index contributed by atoms with van der Waals surface area (Å²) in [4.78, 5) is 4.73. The van der Waals surface area contributed by atoms with Crippen LogP contribution in [0, 0.1) is 0 Å². The summed E-state index contributed by atoms with van der Waals surface area (Å²) in [6.07, 6.45) is 1.81. The zero-order valence-electron chi connectivity index (χ0n) is 14.5. The molecule has 0 bridgehead atoms. The molecule has 0 radical (unpaired) electrons. The summed E-state index contributed by atoms with van der Waals surface area (Å²) in [6, 6.07) is 24.0. The Hall–Kier alpha value is -3.40. The standard InChI is InChI=1S/C22H19N3O/c1-2-26-17-13-11-16(12-14-17)15-23-25-22-18-7-3-5-9-20(18)24-21-10-6-4-8-19(21)22/h3-15H,2H2,1H3,(H,24,25)/b23-15+. The van der Waals surface area contributed by atoms with Crippen LogP contribution in [0.3, 0.4) is 0 Å². The van der Waals surface area contributed by atoms with Gasteiger partial charge in [-0.1, -0.05) is 36.4 Å². The number of para-hydroxylation sites is 2. The molecule has 0 saturated carbocycles. The van der Waals surface area contributed by atoms with E-state index in [9.17, 15) is 0 Å². The summed E-state index contributed by atoms with van der Waals surface area (Å²) in [5.74, 6) is 0.865. The first kappa shape index (κ1) is 16.1. The zero-order valence-corrected chi connectivity index (χ0v) is 14.5. The third-order valence-corrected chi connectivity index (χ3v) is 4.17. The number of benzene rings is 3. The van der Waals surface area contributed by atoms with Gasteiger partial charge in [0.1, 0.15) is 5.75 Å². The SMILES string of the molecule is CCOc1ccc(/C=N/Nc2c3ccccc3nc3ccccc23)cc1. The second-order valence-electron chi connectivity index (χ2n) is 5.89. The predicted molar refractivity (Wildman–Crippen MR) is 108 cm³/mol. The molecule has 128 valence electrons. The minimum atomic E-state index is 0.664. The topological polar surface area (TPSA) is 46.5 Å². The van der Waals surface area contributed by atoms with Crippen LogP contribution < -0.4 is 10.2 Å². The number of rotatable bonds is 5. The molecule has 1 aromatic heterocycles. The maximum Gasteiger partial charge on any atom is 0.119 e. The van der Waals surface area contributed by atoms with Gasteiger partial charge in [0.05, 0.1) is 29.5 Å². The smallest absolute Gasteiger partial charge is 0.119 e. The van der Waals surface area contributed by atoms with E-state index in [-0.39, 0.29) is 0 Å². The number of hydrazone groups is 1. The lowest BCUT2D eigenvalue weighted by Crippen LogP contribution is -1.95. The molecule has 3 aromatic carbocycles. The lowest BCUT2D eigenvalue weighted by Gasteiger charge is -2.10. The number of hydrogen-bond acceptors (Lipinski definition) is 4. The molecular weight excluding hydrogens is 322 g/mol. The van der Waals surface area contributed by atoms with E-state index in [4.69, 9.17) is 9.72 Å². The third-order valence-electron chi connectivity index (χ3n) is 4.17. The molecule has 1 N–H and O–H groups in total. The average molecular weight is 341 g/mol. The van der Waals surface area contributed by atoms with E-state index in [0.717, 1.165) is 38.8 Å². The highest BCUT2D eigenvalue weighted by atomic mass is 16.5. The van der Waals surface area contributed by atoms with Crippen molar-refractivity contribution in [2.75, 3.05) is 12.0 Å². The number of fused-ring (bicyclic) bond motifs is 2. The van der Waals surface area contributed by atoms with E-state index in [2.05, 4.69) is 22.7 Å². The van der Waals surface area contributed by atoms with Crippen LogP contribution in [-0.4, -0.2) is 17.8 Å². The van der Waals surface area contributed by atoms with Crippen LogP contribution in [0.2, 0.25) is 0 Å². The molecule has 4 rings (SSSR count). The Morgan fingerprint density at radius 3 is 2.12 bits per heavy atom. The molecule has 4 nitrogen and oxygen atoms in total. The van der Waals surface area contributed by atoms with Crippen molar-refractivity contribution in [1.82, 2.24) is 4.98 Å². The van der Waals surface area contributed by atoms with Crippen LogP contribution in [0.5, 0.6) is 5.75 Å². The molecule has 0 aliphatic carbocycles. The fourth-order valence-electron chi connectivity index (χ4n) is 2.95. The normalized spacial score (nSPS) is 11.3. The Morgan fingerprint density at radius 2 is 1.50 bits per heavy atom. The lowest BCUT2D eigenvalue weighted by atomic mass is 10.1. The van der Waals surface area contributed by atoms with E-state index >= 15 is 0 Å². The molecule has 1 heterocycles. The number of anilines is 1. The van der Waals surface area contributed by atoms with E-state index in [1.807, 2.05) is 67.6 Å². The summed E-state index contributed by atoms with van der Waals surface area (Å²) < 4.78 is 5.46. The van der Waals surface area contributed by atoms with Crippen molar-refractivity contribution in [2.24, 2.45) is 5.10 Å². The molecule has 0 atom stereocenters. The molecule has 4 aromatic rings. The van der Waals surface area contributed by atoms with Gasteiger partial charge in [-0.15, -0.1) is 0 Å². The Bertz CT molecular complexity index is 1020. The fourth-order valence-corrected chi connectivity index (χ4v) is 2.95. The second kappa shape index (κ2) is 7.23. The van der Waals surface area contributed by atoms with Crippen LogP contribution in [-0.2, 0) is 0 Å². The minimum Gasteiger partial charge on any atom is -0.494 e. The Morgan fingerprint density at radius 1 is 0.885 bits per heavy atom. The molecule has 0 spiro atoms. The molecule has 0 fully saturated rings. The van der Waals surface area contributed by atoms with Crippen molar-refractivity contribution in [1.29, 1.82) is 0 Å². The fraction of sp³-hybridized carbons (Fsp3) is 0.0909. The van der Waals surface area contributed by atoms with Crippen molar-refractivity contribution in [2.45, 2.75) is 6.92 Å². The summed E-state index contributed by atoms with van der Waals surface area (Å²) >= 11 is 0. The number of hydrogen-bond donors (Lipinski definition) is 1. The molecule has 26 heavy (non-hydrogen) atoms. The zero-order chi connectivity index (χ0) is 17.8. The maximum atomic E-state index is 5.46. The first-order valence-corrected chi connectivity index (χ1v) is 8.64. The molecular formula is C22H19N3O. The Kier molecular flexibility index (Phi) is 4.48. The quantitative estimate of drug-likeness (QED) is 0.307. The molecule has 0 amide bonds. The summed E-state index contributed by atoms with van der Waals surface area (Å²) in [7, 11) is 0. The Labute approximate surface area is 152 Å². The highest BCUT2D eigenvalue weighted by Gasteiger charge is 2.07. The van der Waals surface area contributed by atoms with Crippen LogP contribution in [0.25, 0.3) is 21.8 Å². The van der Waals surface area contributed by atoms with Crippen LogP contribution >= 0.6 is 0 Å². The highest BCUT2D eigenvalue weighted by molar-refractivity contribution is 6.07. The maximum absolute atomic E-state index is 5.46. The van der Waals surface area contributed by atoms with Crippen molar-refractivity contribution in [3.05, 3.63) is 78.4 Å². The lowest BCUT2D eigenvalue weighted by molar-refractivity contribution is 0.340. The second-order valence-corrected chi connectivity index (χ2v) is 5.89. The first-order chi connectivity index (χ1) is 12.8. The third kappa shape index (κ3) is 3.22. The first-order valence-electron chi connectivity index (χ1n) is 8.64. The number of pyridine rings is 1. The van der Waals surface area contributed by atoms with Crippen molar-refractivity contribution in [3.63, 3.8) is 0 Å². The largest absolute Gasteiger partial charge is 0.494 e. The van der Waals surface area contributed by atoms with Gasteiger partial charge < -0.3 is 4.74 Å². The van der Waals surface area contributed by atoms with Gasteiger partial charge in [0.2, 0.25) is 0 Å². The van der Waals surface area contributed by atoms with Crippen molar-refractivity contribution >= 4 is 33.7 Å². The van der Waals surface area contributed by atoms with E-state index in [1.54, 1.807) is 6.21 Å². The van der Waals surface area contributed by atoms with Crippen LogP contribution in [0.15, 0.2) is 77.9 Å². The number of ether oxygens (including phenoxy) is 1. The number of nitrogens with one attached hydrogen (secondary N) is 1. The van der Waals surface area contributed by atoms with Gasteiger partial charge in [0.15, 0.2) is 0 Å². The van der Waals surface area contributed by atoms with E-state index in [1.165, 1.54) is 0 Å². The van der Waals surface area contributed by atoms with Gasteiger partial charge in [0.25, 0.3) is 0 Å². The van der Waals surface area contributed by atoms with Gasteiger partial charge in [-0.2, -0.15) is 5.10 Å². The molecule has 4 heteroatoms. The van der Waals surface area contributed by atoms with Gasteiger partial charge >= 0.3 is 0 Å². The Balaban J connectivity index is 1.67. The summed E-state index contributed by atoms with van der Waals surface area (Å²) in [5.41, 5.74) is 7.08. The van der Waals surface area contributed by atoms with Gasteiger partial charge in [0, 0.05) is 10.8 Å². The monoisotopic (exact) mass is 341 g/mol. The minimum absolute atomic E-state index is 0.664. The van der Waals surface area contributed by atoms with Gasteiger partial charge in [-0.05, 0) is 48.9 Å². The number of nitrogens with zero attached hydrogens (tertiary/aromatic N) is 2. The molecule has 0 aliphatic rings. The van der Waals surface area contributed by atoms with Crippen molar-refractivity contribution in [3.8, 4) is 5.75 Å². The van der Waals surface area contributed by atoms with Crippen LogP contribution in [0.4, 0.5) is 5.69 Å². The molecule has 0 unspecified atom stereocenters. The summed E-state index contributed by atoms with van der Waals surface area (Å²) in [6.45, 7) is 2.64. The van der Waals surface area contributed by atoms with E-state index < -0.39 is 0 Å². The number of aromatic nitrogens is 1. The van der Waals surface area contributed by atoms with Crippen molar-refractivity contribution < 1.29 is 4.74 Å². The van der Waals surface area contributed by atoms with Gasteiger partial charge in [-0.3, -0.25) is 5.43 Å². The molecule has 0 saturated heterocycles. The van der Waals surface area contributed by atoms with Gasteiger partial charge in [-0.25, -0.2) is 4.98 Å². The average Bonchev–Trinajstić information content (AvgIpc) is 2.69. The highest BCUT2D eigenvalue weighted by Crippen LogP contribution is 2.30. The predicted octanol–water partition coefficient (Wildman–Crippen LogP) is 5.23. The van der Waals surface area contributed by atoms with E-state index in [0.29, 0.717) is 6.61 Å². The summed E-state index contributed by atoms with van der Waals surface area (Å²) in [5, 5.41) is 6.55.